The minimum atomic E-state index is -0.334. The van der Waals surface area contributed by atoms with Crippen LogP contribution in [0.4, 0.5) is 4.39 Å². The van der Waals surface area contributed by atoms with Crippen LogP contribution in [0.3, 0.4) is 0 Å². The van der Waals surface area contributed by atoms with E-state index in [9.17, 15) is 4.39 Å². The van der Waals surface area contributed by atoms with Crippen LogP contribution in [0, 0.1) is 5.82 Å². The second-order valence-corrected chi connectivity index (χ2v) is 5.56. The van der Waals surface area contributed by atoms with Crippen molar-refractivity contribution >= 4 is 11.3 Å². The topological polar surface area (TPSA) is 34.1 Å². The van der Waals surface area contributed by atoms with Crippen LogP contribution in [-0.4, -0.2) is 18.1 Å². The van der Waals surface area contributed by atoms with Gasteiger partial charge in [0.2, 0.25) is 0 Å². The number of rotatable bonds is 5. The van der Waals surface area contributed by atoms with E-state index in [0.29, 0.717) is 6.04 Å². The number of hydrogen-bond acceptors (Lipinski definition) is 4. The van der Waals surface area contributed by atoms with Crippen LogP contribution in [0.5, 0.6) is 5.75 Å². The van der Waals surface area contributed by atoms with Crippen LogP contribution in [0.2, 0.25) is 0 Å². The summed E-state index contributed by atoms with van der Waals surface area (Å²) in [5.41, 5.74) is 0.889. The van der Waals surface area contributed by atoms with Gasteiger partial charge in [0.05, 0.1) is 13.2 Å². The largest absolute Gasteiger partial charge is 0.494 e. The van der Waals surface area contributed by atoms with Gasteiger partial charge < -0.3 is 10.1 Å². The summed E-state index contributed by atoms with van der Waals surface area (Å²) in [5, 5.41) is 6.42. The van der Waals surface area contributed by atoms with Crippen molar-refractivity contribution in [3.8, 4) is 5.75 Å². The van der Waals surface area contributed by atoms with E-state index in [0.717, 1.165) is 10.6 Å². The monoisotopic (exact) mass is 278 g/mol. The zero-order chi connectivity index (χ0) is 13.2. The van der Waals surface area contributed by atoms with Crippen molar-refractivity contribution < 1.29 is 9.13 Å². The summed E-state index contributed by atoms with van der Waals surface area (Å²) in [4.78, 5) is 4.35. The second-order valence-electron chi connectivity index (χ2n) is 4.64. The van der Waals surface area contributed by atoms with Gasteiger partial charge in [0.25, 0.3) is 0 Å². The van der Waals surface area contributed by atoms with Crippen molar-refractivity contribution in [1.29, 1.82) is 0 Å². The molecule has 5 heteroatoms. The fourth-order valence-electron chi connectivity index (χ4n) is 2.04. The van der Waals surface area contributed by atoms with Crippen LogP contribution >= 0.6 is 11.3 Å². The highest BCUT2D eigenvalue weighted by atomic mass is 32.1. The quantitative estimate of drug-likeness (QED) is 0.912. The Morgan fingerprint density at radius 3 is 2.89 bits per heavy atom. The molecule has 1 aliphatic rings. The first-order valence-corrected chi connectivity index (χ1v) is 7.15. The van der Waals surface area contributed by atoms with E-state index in [4.69, 9.17) is 4.74 Å². The lowest BCUT2D eigenvalue weighted by Crippen LogP contribution is -2.24. The van der Waals surface area contributed by atoms with E-state index in [1.165, 1.54) is 26.0 Å². The Bertz CT molecular complexity index is 555. The maximum atomic E-state index is 13.8. The molecule has 1 heterocycles. The Labute approximate surface area is 115 Å². The fraction of sp³-hybridized carbons (Fsp3) is 0.357. The van der Waals surface area contributed by atoms with E-state index in [1.54, 1.807) is 23.6 Å². The van der Waals surface area contributed by atoms with Crippen LogP contribution in [0.15, 0.2) is 29.8 Å². The van der Waals surface area contributed by atoms with Gasteiger partial charge >= 0.3 is 0 Å². The highest BCUT2D eigenvalue weighted by Crippen LogP contribution is 2.31. The second kappa shape index (κ2) is 5.27. The zero-order valence-electron chi connectivity index (χ0n) is 10.6. The predicted molar refractivity (Wildman–Crippen MR) is 73.1 cm³/mol. The van der Waals surface area contributed by atoms with E-state index in [-0.39, 0.29) is 17.6 Å². The molecule has 2 aromatic rings. The molecule has 1 saturated carbocycles. The molecule has 1 aliphatic carbocycles. The first-order chi connectivity index (χ1) is 9.28. The lowest BCUT2D eigenvalue weighted by atomic mass is 10.1. The predicted octanol–water partition coefficient (Wildman–Crippen LogP) is 3.13. The smallest absolute Gasteiger partial charge is 0.165 e. The van der Waals surface area contributed by atoms with Gasteiger partial charge in [0.15, 0.2) is 11.6 Å². The van der Waals surface area contributed by atoms with E-state index >= 15 is 0 Å². The molecule has 1 unspecified atom stereocenters. The number of methoxy groups -OCH3 is 1. The number of benzene rings is 1. The third kappa shape index (κ3) is 2.77. The number of halogens is 1. The molecular weight excluding hydrogens is 263 g/mol. The summed E-state index contributed by atoms with van der Waals surface area (Å²) in [6.45, 7) is 0. The zero-order valence-corrected chi connectivity index (χ0v) is 11.4. The van der Waals surface area contributed by atoms with Crippen molar-refractivity contribution in [2.75, 3.05) is 7.11 Å². The third-order valence-electron chi connectivity index (χ3n) is 3.19. The van der Waals surface area contributed by atoms with Gasteiger partial charge in [-0.25, -0.2) is 9.37 Å². The number of hydrogen-bond donors (Lipinski definition) is 1. The van der Waals surface area contributed by atoms with Gasteiger partial charge in [-0.05, 0) is 30.5 Å². The van der Waals surface area contributed by atoms with E-state index < -0.39 is 0 Å². The van der Waals surface area contributed by atoms with Gasteiger partial charge in [-0.15, -0.1) is 11.3 Å². The van der Waals surface area contributed by atoms with E-state index in [2.05, 4.69) is 10.3 Å². The summed E-state index contributed by atoms with van der Waals surface area (Å²) in [6, 6.07) is 5.58. The summed E-state index contributed by atoms with van der Waals surface area (Å²) >= 11 is 1.58. The molecule has 1 N–H and O–H groups in total. The molecule has 1 aromatic heterocycles. The molecule has 1 aromatic carbocycles. The lowest BCUT2D eigenvalue weighted by Gasteiger charge is -2.17. The summed E-state index contributed by atoms with van der Waals surface area (Å²) in [6.07, 6.45) is 4.14. The fourth-order valence-corrected chi connectivity index (χ4v) is 2.76. The Kier molecular flexibility index (Phi) is 3.48. The summed E-state index contributed by atoms with van der Waals surface area (Å²) in [5.74, 6) is -0.0628. The van der Waals surface area contributed by atoms with Gasteiger partial charge in [-0.2, -0.15) is 0 Å². The molecule has 1 atom stereocenters. The molecule has 0 spiro atoms. The minimum absolute atomic E-state index is 0.0343. The number of nitrogens with zero attached hydrogens (tertiary/aromatic N) is 1. The van der Waals surface area contributed by atoms with Crippen molar-refractivity contribution in [2.24, 2.45) is 0 Å². The number of nitrogens with one attached hydrogen (secondary N) is 1. The van der Waals surface area contributed by atoms with Crippen LogP contribution < -0.4 is 10.1 Å². The molecule has 0 radical (unpaired) electrons. The Hall–Kier alpha value is -1.46. The van der Waals surface area contributed by atoms with Gasteiger partial charge in [-0.1, -0.05) is 6.07 Å². The molecule has 0 aliphatic heterocycles. The van der Waals surface area contributed by atoms with Crippen molar-refractivity contribution in [3.63, 3.8) is 0 Å². The first-order valence-electron chi connectivity index (χ1n) is 6.27. The molecule has 1 fully saturated rings. The average Bonchev–Trinajstić information content (AvgIpc) is 3.08. The number of thiazole rings is 1. The van der Waals surface area contributed by atoms with Gasteiger partial charge in [-0.3, -0.25) is 0 Å². The summed E-state index contributed by atoms with van der Waals surface area (Å²) < 4.78 is 18.8. The molecular formula is C14H15FN2OS. The average molecular weight is 278 g/mol. The van der Waals surface area contributed by atoms with Crippen molar-refractivity contribution in [1.82, 2.24) is 10.3 Å². The lowest BCUT2D eigenvalue weighted by molar-refractivity contribution is 0.385. The maximum absolute atomic E-state index is 13.8. The molecule has 3 nitrogen and oxygen atoms in total. The molecule has 0 bridgehead atoms. The van der Waals surface area contributed by atoms with E-state index in [1.807, 2.05) is 11.4 Å². The van der Waals surface area contributed by atoms with Crippen LogP contribution in [0.25, 0.3) is 0 Å². The SMILES string of the molecule is COc1ccc(C(NC2CC2)c2nccs2)cc1F. The van der Waals surface area contributed by atoms with Crippen LogP contribution in [0.1, 0.15) is 29.5 Å². The standard InChI is InChI=1S/C14H15FN2OS/c1-18-12-5-2-9(8-11(12)15)13(17-10-3-4-10)14-16-6-7-19-14/h2,5-8,10,13,17H,3-4H2,1H3. The molecule has 0 amide bonds. The van der Waals surface area contributed by atoms with Crippen molar-refractivity contribution in [3.05, 3.63) is 46.2 Å². The third-order valence-corrected chi connectivity index (χ3v) is 4.03. The first kappa shape index (κ1) is 12.6. The normalized spacial score (nSPS) is 16.3. The molecule has 100 valence electrons. The number of ether oxygens (including phenoxy) is 1. The Balaban J connectivity index is 1.92. The van der Waals surface area contributed by atoms with Crippen molar-refractivity contribution in [2.45, 2.75) is 24.9 Å². The minimum Gasteiger partial charge on any atom is -0.494 e. The Morgan fingerprint density at radius 1 is 1.47 bits per heavy atom. The highest BCUT2D eigenvalue weighted by Gasteiger charge is 2.28. The Morgan fingerprint density at radius 2 is 2.32 bits per heavy atom. The summed E-state index contributed by atoms with van der Waals surface area (Å²) in [7, 11) is 1.47. The molecule has 3 rings (SSSR count). The number of aromatic nitrogens is 1. The highest BCUT2D eigenvalue weighted by molar-refractivity contribution is 7.09. The maximum Gasteiger partial charge on any atom is 0.165 e. The molecule has 19 heavy (non-hydrogen) atoms. The van der Waals surface area contributed by atoms with Gasteiger partial charge in [0.1, 0.15) is 5.01 Å². The van der Waals surface area contributed by atoms with Gasteiger partial charge in [0, 0.05) is 17.6 Å². The molecule has 0 saturated heterocycles. The van der Waals surface area contributed by atoms with Crippen LogP contribution in [-0.2, 0) is 0 Å².